The summed E-state index contributed by atoms with van der Waals surface area (Å²) in [5.41, 5.74) is -1.29. The van der Waals surface area contributed by atoms with Gasteiger partial charge in [-0.05, 0) is 19.8 Å². The van der Waals surface area contributed by atoms with Crippen LogP contribution < -0.4 is 0 Å². The first-order chi connectivity index (χ1) is 5.77. The molecule has 1 unspecified atom stereocenters. The molecule has 0 spiro atoms. The summed E-state index contributed by atoms with van der Waals surface area (Å²) in [5.74, 6) is 0. The van der Waals surface area contributed by atoms with Crippen LogP contribution in [-0.4, -0.2) is 30.6 Å². The highest BCUT2D eigenvalue weighted by Crippen LogP contribution is 2.27. The first kappa shape index (κ1) is 12.7. The molecule has 13 heavy (non-hydrogen) atoms. The second-order valence-electron chi connectivity index (χ2n) is 3.35. The zero-order valence-electron chi connectivity index (χ0n) is 7.82. The van der Waals surface area contributed by atoms with E-state index in [1.54, 1.807) is 0 Å². The minimum Gasteiger partial charge on any atom is -0.390 e. The van der Waals surface area contributed by atoms with Gasteiger partial charge in [-0.1, -0.05) is 0 Å². The lowest BCUT2D eigenvalue weighted by Gasteiger charge is -2.23. The van der Waals surface area contributed by atoms with E-state index in [2.05, 4.69) is 4.74 Å². The standard InChI is InChI=1S/C8H15F3O2/c1-7(12,5-6-13-2)3-4-8(9,10)11/h12H,3-6H2,1-2H3. The molecule has 0 aromatic rings. The molecule has 0 fully saturated rings. The lowest BCUT2D eigenvalue weighted by atomic mass is 9.96. The molecule has 0 saturated carbocycles. The summed E-state index contributed by atoms with van der Waals surface area (Å²) in [7, 11) is 1.44. The van der Waals surface area contributed by atoms with Crippen LogP contribution >= 0.6 is 0 Å². The van der Waals surface area contributed by atoms with Crippen LogP contribution in [0, 0.1) is 0 Å². The van der Waals surface area contributed by atoms with Gasteiger partial charge in [-0.2, -0.15) is 13.2 Å². The topological polar surface area (TPSA) is 29.5 Å². The monoisotopic (exact) mass is 200 g/mol. The molecule has 1 N–H and O–H groups in total. The lowest BCUT2D eigenvalue weighted by Crippen LogP contribution is -2.28. The van der Waals surface area contributed by atoms with Gasteiger partial charge in [-0.3, -0.25) is 0 Å². The van der Waals surface area contributed by atoms with E-state index in [9.17, 15) is 18.3 Å². The Kier molecular flexibility index (Phi) is 4.70. The zero-order valence-corrected chi connectivity index (χ0v) is 7.82. The van der Waals surface area contributed by atoms with Crippen molar-refractivity contribution in [3.05, 3.63) is 0 Å². The molecule has 0 aliphatic carbocycles. The molecular formula is C8H15F3O2. The maximum Gasteiger partial charge on any atom is 0.389 e. The number of hydrogen-bond donors (Lipinski definition) is 1. The summed E-state index contributed by atoms with van der Waals surface area (Å²) < 4.78 is 40.0. The van der Waals surface area contributed by atoms with Crippen molar-refractivity contribution in [1.29, 1.82) is 0 Å². The molecule has 0 aromatic carbocycles. The van der Waals surface area contributed by atoms with Crippen molar-refractivity contribution in [3.63, 3.8) is 0 Å². The number of halogens is 3. The normalized spacial score (nSPS) is 17.1. The molecular weight excluding hydrogens is 185 g/mol. The van der Waals surface area contributed by atoms with Crippen LogP contribution in [0.15, 0.2) is 0 Å². The van der Waals surface area contributed by atoms with Gasteiger partial charge in [0.15, 0.2) is 0 Å². The largest absolute Gasteiger partial charge is 0.390 e. The highest BCUT2D eigenvalue weighted by Gasteiger charge is 2.31. The highest BCUT2D eigenvalue weighted by molar-refractivity contribution is 4.73. The molecule has 0 aliphatic rings. The van der Waals surface area contributed by atoms with E-state index in [1.165, 1.54) is 14.0 Å². The summed E-state index contributed by atoms with van der Waals surface area (Å²) in [4.78, 5) is 0. The van der Waals surface area contributed by atoms with E-state index >= 15 is 0 Å². The fraction of sp³-hybridized carbons (Fsp3) is 1.00. The lowest BCUT2D eigenvalue weighted by molar-refractivity contribution is -0.146. The first-order valence-electron chi connectivity index (χ1n) is 4.05. The third-order valence-corrected chi connectivity index (χ3v) is 1.79. The maximum atomic E-state index is 11.8. The summed E-state index contributed by atoms with van der Waals surface area (Å²) in [6.07, 6.45) is -5.21. The van der Waals surface area contributed by atoms with Crippen molar-refractivity contribution >= 4 is 0 Å². The Hall–Kier alpha value is -0.290. The SMILES string of the molecule is COCCC(C)(O)CCC(F)(F)F. The molecule has 0 aromatic heterocycles. The van der Waals surface area contributed by atoms with Gasteiger partial charge in [0.25, 0.3) is 0 Å². The first-order valence-corrected chi connectivity index (χ1v) is 4.05. The van der Waals surface area contributed by atoms with Gasteiger partial charge in [-0.25, -0.2) is 0 Å². The van der Waals surface area contributed by atoms with Crippen LogP contribution in [0.4, 0.5) is 13.2 Å². The van der Waals surface area contributed by atoms with Crippen LogP contribution in [0.25, 0.3) is 0 Å². The average Bonchev–Trinajstić information content (AvgIpc) is 1.97. The van der Waals surface area contributed by atoms with E-state index in [4.69, 9.17) is 0 Å². The van der Waals surface area contributed by atoms with Crippen molar-refractivity contribution in [3.8, 4) is 0 Å². The molecule has 0 radical (unpaired) electrons. The molecule has 0 amide bonds. The third-order valence-electron chi connectivity index (χ3n) is 1.79. The number of ether oxygens (including phenoxy) is 1. The summed E-state index contributed by atoms with van der Waals surface area (Å²) in [6.45, 7) is 1.66. The minimum absolute atomic E-state index is 0.222. The molecule has 0 bridgehead atoms. The zero-order chi connectivity index (χ0) is 10.5. The van der Waals surface area contributed by atoms with E-state index in [1.807, 2.05) is 0 Å². The van der Waals surface area contributed by atoms with Gasteiger partial charge in [0, 0.05) is 20.1 Å². The Bertz CT molecular complexity index is 143. The van der Waals surface area contributed by atoms with Gasteiger partial charge in [0.1, 0.15) is 0 Å². The van der Waals surface area contributed by atoms with Crippen molar-refractivity contribution in [1.82, 2.24) is 0 Å². The van der Waals surface area contributed by atoms with Crippen LogP contribution in [0.1, 0.15) is 26.2 Å². The molecule has 0 rings (SSSR count). The smallest absolute Gasteiger partial charge is 0.389 e. The van der Waals surface area contributed by atoms with E-state index in [0.29, 0.717) is 0 Å². The fourth-order valence-electron chi connectivity index (χ4n) is 0.858. The molecule has 5 heteroatoms. The van der Waals surface area contributed by atoms with Crippen molar-refractivity contribution in [2.24, 2.45) is 0 Å². The molecule has 2 nitrogen and oxygen atoms in total. The van der Waals surface area contributed by atoms with Crippen molar-refractivity contribution in [2.75, 3.05) is 13.7 Å². The van der Waals surface area contributed by atoms with Crippen LogP contribution in [0.3, 0.4) is 0 Å². The Morgan fingerprint density at radius 2 is 1.69 bits per heavy atom. The van der Waals surface area contributed by atoms with E-state index < -0.39 is 18.2 Å². The quantitative estimate of drug-likeness (QED) is 0.736. The van der Waals surface area contributed by atoms with Gasteiger partial charge < -0.3 is 9.84 Å². The summed E-state index contributed by atoms with van der Waals surface area (Å²) >= 11 is 0. The average molecular weight is 200 g/mol. The molecule has 0 aliphatic heterocycles. The molecule has 0 saturated heterocycles. The number of methoxy groups -OCH3 is 1. The van der Waals surface area contributed by atoms with Crippen molar-refractivity contribution in [2.45, 2.75) is 38.0 Å². The van der Waals surface area contributed by atoms with Crippen LogP contribution in [-0.2, 0) is 4.74 Å². The summed E-state index contributed by atoms with van der Waals surface area (Å²) in [5, 5.41) is 9.43. The fourth-order valence-corrected chi connectivity index (χ4v) is 0.858. The predicted octanol–water partition coefficient (Wildman–Crippen LogP) is 2.12. The van der Waals surface area contributed by atoms with Gasteiger partial charge in [0.05, 0.1) is 5.60 Å². The second kappa shape index (κ2) is 4.81. The Morgan fingerprint density at radius 1 is 1.15 bits per heavy atom. The highest BCUT2D eigenvalue weighted by atomic mass is 19.4. The van der Waals surface area contributed by atoms with Crippen LogP contribution in [0.5, 0.6) is 0 Å². The number of rotatable bonds is 5. The minimum atomic E-state index is -4.20. The van der Waals surface area contributed by atoms with Gasteiger partial charge in [0.2, 0.25) is 0 Å². The summed E-state index contributed by atoms with van der Waals surface area (Å²) in [6, 6.07) is 0. The van der Waals surface area contributed by atoms with Gasteiger partial charge in [-0.15, -0.1) is 0 Å². The van der Waals surface area contributed by atoms with Gasteiger partial charge >= 0.3 is 6.18 Å². The third kappa shape index (κ3) is 8.05. The van der Waals surface area contributed by atoms with E-state index in [0.717, 1.165) is 0 Å². The van der Waals surface area contributed by atoms with Crippen molar-refractivity contribution < 1.29 is 23.0 Å². The predicted molar refractivity (Wildman–Crippen MR) is 42.4 cm³/mol. The Labute approximate surface area is 75.7 Å². The second-order valence-corrected chi connectivity index (χ2v) is 3.35. The number of aliphatic hydroxyl groups is 1. The molecule has 1 atom stereocenters. The van der Waals surface area contributed by atoms with E-state index in [-0.39, 0.29) is 19.4 Å². The molecule has 80 valence electrons. The number of alkyl halides is 3. The molecule has 0 heterocycles. The number of hydrogen-bond acceptors (Lipinski definition) is 2. The maximum absolute atomic E-state index is 11.8. The van der Waals surface area contributed by atoms with Crippen LogP contribution in [0.2, 0.25) is 0 Å². The Morgan fingerprint density at radius 3 is 2.08 bits per heavy atom. The Balaban J connectivity index is 3.75.